The van der Waals surface area contributed by atoms with Gasteiger partial charge in [-0.2, -0.15) is 38.1 Å². The summed E-state index contributed by atoms with van der Waals surface area (Å²) in [6.07, 6.45) is -5.40. The molecule has 4 bridgehead atoms. The van der Waals surface area contributed by atoms with Crippen LogP contribution in [0.25, 0.3) is 0 Å². The number of alkyl halides is 6. The summed E-state index contributed by atoms with van der Waals surface area (Å²) in [4.78, 5) is 23.6. The Kier molecular flexibility index (Phi) is 11.5. The fourth-order valence-electron chi connectivity index (χ4n) is 12.1. The molecule has 2 saturated carbocycles. The summed E-state index contributed by atoms with van der Waals surface area (Å²) in [6.45, 7) is 10.3. The van der Waals surface area contributed by atoms with E-state index in [1.165, 1.54) is 13.8 Å². The van der Waals surface area contributed by atoms with Crippen LogP contribution in [0.5, 0.6) is 0 Å². The van der Waals surface area contributed by atoms with Gasteiger partial charge >= 0.3 is 12.4 Å². The van der Waals surface area contributed by atoms with Crippen molar-refractivity contribution in [2.24, 2.45) is 47.3 Å². The number of unbranched alkanes of at least 4 members (excludes halogenated alkanes) is 2. The van der Waals surface area contributed by atoms with Crippen LogP contribution in [0.15, 0.2) is 0 Å². The summed E-state index contributed by atoms with van der Waals surface area (Å²) < 4.78 is 126. The highest BCUT2D eigenvalue weighted by Crippen LogP contribution is 2.66. The molecule has 10 nitrogen and oxygen atoms in total. The normalized spacial score (nSPS) is 50.5. The van der Waals surface area contributed by atoms with E-state index >= 15 is 26.3 Å². The Labute approximate surface area is 335 Å². The van der Waals surface area contributed by atoms with Gasteiger partial charge in [-0.15, -0.1) is 0 Å². The van der Waals surface area contributed by atoms with E-state index in [1.807, 2.05) is 0 Å². The standard InChI is InChI=1S/C40H60F6O10S/c1-23-11-13-29-25(3)37(39(41,42)43,51-31-35(29)27(23)15-17-33(5,49-31)53-55-35)47-19-7-9-21-57-22-10-8-20-48-38(40(44,45)46)26(4)30-14-12-24(2)28-16-18-34(6)50-32(52-38)36(28,30)56-54-34/h23-32H,7-22H2,1-6H3/t23-,24-,25-,26-,27+,28+,29+,30+,31+,32+,33+,34+,35-,36-,37-,38-/m1/s1. The van der Waals surface area contributed by atoms with Crippen LogP contribution >= 0.6 is 11.8 Å². The molecular weight excluding hydrogens is 786 g/mol. The summed E-state index contributed by atoms with van der Waals surface area (Å²) in [5, 5.41) is 0. The molecule has 17 heteroatoms. The van der Waals surface area contributed by atoms with Crippen LogP contribution in [-0.4, -0.2) is 84.0 Å². The first-order valence-corrected chi connectivity index (χ1v) is 22.4. The lowest BCUT2D eigenvalue weighted by atomic mass is 9.57. The van der Waals surface area contributed by atoms with Crippen LogP contribution in [0.3, 0.4) is 0 Å². The van der Waals surface area contributed by atoms with E-state index in [-0.39, 0.29) is 36.9 Å². The summed E-state index contributed by atoms with van der Waals surface area (Å²) in [7, 11) is 0. The Bertz CT molecular complexity index is 1360. The second-order valence-electron chi connectivity index (χ2n) is 18.7. The topological polar surface area (TPSA) is 92.3 Å². The molecule has 16 atom stereocenters. The van der Waals surface area contributed by atoms with Gasteiger partial charge in [0.25, 0.3) is 11.6 Å². The van der Waals surface area contributed by atoms with Crippen molar-refractivity contribution in [2.75, 3.05) is 24.7 Å². The van der Waals surface area contributed by atoms with Gasteiger partial charge in [0.05, 0.1) is 13.2 Å². The summed E-state index contributed by atoms with van der Waals surface area (Å²) in [6, 6.07) is 0. The quantitative estimate of drug-likeness (QED) is 0.107. The zero-order valence-electron chi connectivity index (χ0n) is 33.8. The van der Waals surface area contributed by atoms with E-state index in [0.29, 0.717) is 75.7 Å². The zero-order valence-corrected chi connectivity index (χ0v) is 34.7. The third-order valence-corrected chi connectivity index (χ3v) is 16.5. The number of hydrogen-bond acceptors (Lipinski definition) is 11. The lowest BCUT2D eigenvalue weighted by Crippen LogP contribution is -2.76. The number of ether oxygens (including phenoxy) is 6. The molecule has 2 aliphatic carbocycles. The zero-order chi connectivity index (χ0) is 40.9. The second kappa shape index (κ2) is 15.1. The van der Waals surface area contributed by atoms with E-state index in [1.54, 1.807) is 25.6 Å². The molecule has 8 heterocycles. The van der Waals surface area contributed by atoms with Crippen molar-refractivity contribution in [3.8, 4) is 0 Å². The van der Waals surface area contributed by atoms with Crippen molar-refractivity contribution in [1.29, 1.82) is 0 Å². The van der Waals surface area contributed by atoms with Crippen molar-refractivity contribution in [3.63, 3.8) is 0 Å². The molecule has 10 aliphatic rings. The number of hydrogen-bond donors (Lipinski definition) is 0. The van der Waals surface area contributed by atoms with Crippen molar-refractivity contribution in [2.45, 2.75) is 178 Å². The van der Waals surface area contributed by atoms with Crippen LogP contribution in [-0.2, 0) is 48.0 Å². The maximum Gasteiger partial charge on any atom is 0.443 e. The van der Waals surface area contributed by atoms with Crippen molar-refractivity contribution >= 4 is 11.8 Å². The van der Waals surface area contributed by atoms with Gasteiger partial charge in [0.1, 0.15) is 0 Å². The Hall–Kier alpha value is -0.470. The van der Waals surface area contributed by atoms with Gasteiger partial charge in [0.15, 0.2) is 23.8 Å². The maximum absolute atomic E-state index is 15.1. The largest absolute Gasteiger partial charge is 0.443 e. The van der Waals surface area contributed by atoms with Crippen LogP contribution in [0, 0.1) is 47.3 Å². The Balaban J connectivity index is 0.818. The Morgan fingerprint density at radius 2 is 0.930 bits per heavy atom. The molecule has 0 aromatic rings. The van der Waals surface area contributed by atoms with Gasteiger partial charge in [-0.05, 0) is 113 Å². The van der Waals surface area contributed by atoms with E-state index in [0.717, 1.165) is 12.8 Å². The lowest BCUT2D eigenvalue weighted by Gasteiger charge is -2.62. The predicted octanol–water partition coefficient (Wildman–Crippen LogP) is 9.59. The molecule has 328 valence electrons. The van der Waals surface area contributed by atoms with E-state index in [4.69, 9.17) is 48.0 Å². The SMILES string of the molecule is C[C@@H]1CC[C@H]2[C@@H](C)[C@](OCCCCSCCCCO[C@@]3(C(F)(F)F)O[C@@H]4O[C@]5(C)CC[C@H]6[C@H](C)CC[C@@H]([C@H]3C)[C@@]46OO5)(C(F)(F)F)O[C@@H]3O[C@]4(C)CC[C@@H]1[C@]32OO4. The molecule has 0 radical (unpaired) electrons. The molecule has 8 aliphatic heterocycles. The highest BCUT2D eigenvalue weighted by atomic mass is 32.2. The lowest BCUT2D eigenvalue weighted by molar-refractivity contribution is -0.599. The molecule has 0 unspecified atom stereocenters. The van der Waals surface area contributed by atoms with Crippen LogP contribution in [0.1, 0.15) is 119 Å². The minimum Gasteiger partial charge on any atom is -0.342 e. The molecule has 8 saturated heterocycles. The molecular formula is C40H60F6O10S. The molecule has 10 rings (SSSR count). The van der Waals surface area contributed by atoms with Crippen molar-refractivity contribution < 1.29 is 74.3 Å². The molecule has 0 amide bonds. The summed E-state index contributed by atoms with van der Waals surface area (Å²) in [5.41, 5.74) is -2.29. The van der Waals surface area contributed by atoms with Gasteiger partial charge in [-0.25, -0.2) is 19.6 Å². The van der Waals surface area contributed by atoms with Crippen LogP contribution < -0.4 is 0 Å². The van der Waals surface area contributed by atoms with Gasteiger partial charge in [-0.1, -0.05) is 27.7 Å². The predicted molar refractivity (Wildman–Crippen MR) is 191 cm³/mol. The molecule has 0 aromatic heterocycles. The monoisotopic (exact) mass is 846 g/mol. The molecule has 57 heavy (non-hydrogen) atoms. The average Bonchev–Trinajstić information content (AvgIpc) is 3.51. The fraction of sp³-hybridized carbons (Fsp3) is 1.00. The van der Waals surface area contributed by atoms with Crippen LogP contribution in [0.4, 0.5) is 26.3 Å². The molecule has 2 spiro atoms. The second-order valence-corrected chi connectivity index (χ2v) is 19.9. The molecule has 0 N–H and O–H groups in total. The minimum atomic E-state index is -4.83. The first-order chi connectivity index (χ1) is 26.8. The number of fused-ring (bicyclic) bond motifs is 4. The summed E-state index contributed by atoms with van der Waals surface area (Å²) in [5.74, 6) is -9.82. The van der Waals surface area contributed by atoms with E-state index in [9.17, 15) is 0 Å². The van der Waals surface area contributed by atoms with Gasteiger partial charge in [0, 0.05) is 36.5 Å². The van der Waals surface area contributed by atoms with Crippen LogP contribution in [0.2, 0.25) is 0 Å². The third-order valence-electron chi connectivity index (χ3n) is 15.3. The van der Waals surface area contributed by atoms with Gasteiger partial charge < -0.3 is 28.4 Å². The highest BCUT2D eigenvalue weighted by Gasteiger charge is 2.79. The fourth-order valence-corrected chi connectivity index (χ4v) is 13.2. The third kappa shape index (κ3) is 6.75. The molecule has 10 fully saturated rings. The maximum atomic E-state index is 15.1. The Morgan fingerprint density at radius 3 is 1.32 bits per heavy atom. The smallest absolute Gasteiger partial charge is 0.342 e. The van der Waals surface area contributed by atoms with Gasteiger partial charge in [-0.3, -0.25) is 0 Å². The first-order valence-electron chi connectivity index (χ1n) is 21.2. The van der Waals surface area contributed by atoms with Crippen molar-refractivity contribution in [3.05, 3.63) is 0 Å². The van der Waals surface area contributed by atoms with E-state index in [2.05, 4.69) is 13.8 Å². The van der Waals surface area contributed by atoms with Crippen molar-refractivity contribution in [1.82, 2.24) is 0 Å². The Morgan fingerprint density at radius 1 is 0.526 bits per heavy atom. The highest BCUT2D eigenvalue weighted by molar-refractivity contribution is 7.99. The number of rotatable bonds is 12. The average molecular weight is 847 g/mol. The van der Waals surface area contributed by atoms with Gasteiger partial charge in [0.2, 0.25) is 11.6 Å². The summed E-state index contributed by atoms with van der Waals surface area (Å²) >= 11 is 1.59. The number of halogens is 6. The molecule has 0 aromatic carbocycles. The first kappa shape index (κ1) is 43.2. The number of thioether (sulfide) groups is 1. The minimum absolute atomic E-state index is 0.0748. The van der Waals surface area contributed by atoms with E-state index < -0.39 is 83.0 Å².